The van der Waals surface area contributed by atoms with E-state index in [-0.39, 0.29) is 29.8 Å². The number of imidazole rings is 1. The monoisotopic (exact) mass is 382 g/mol. The summed E-state index contributed by atoms with van der Waals surface area (Å²) in [6.07, 6.45) is 1.43. The van der Waals surface area contributed by atoms with Crippen molar-refractivity contribution in [1.82, 2.24) is 14.4 Å². The van der Waals surface area contributed by atoms with Gasteiger partial charge >= 0.3 is 11.9 Å². The fourth-order valence-corrected chi connectivity index (χ4v) is 2.90. The van der Waals surface area contributed by atoms with E-state index in [1.54, 1.807) is 13.8 Å². The van der Waals surface area contributed by atoms with Crippen LogP contribution in [0.15, 0.2) is 6.20 Å². The maximum Gasteiger partial charge on any atom is 0.359 e. The molecule has 3 heterocycles. The molecular weight excluding hydrogens is 364 g/mol. The molecule has 1 aliphatic heterocycles. The second-order valence-electron chi connectivity index (χ2n) is 5.43. The van der Waals surface area contributed by atoms with Crippen LogP contribution < -0.4 is 4.90 Å². The zero-order chi connectivity index (χ0) is 18.7. The first-order valence-electron chi connectivity index (χ1n) is 8.32. The number of nitrogens with zero attached hydrogens (tertiary/aromatic N) is 4. The molecule has 0 aromatic carbocycles. The van der Waals surface area contributed by atoms with Gasteiger partial charge in [0, 0.05) is 19.3 Å². The van der Waals surface area contributed by atoms with Crippen LogP contribution in [-0.2, 0) is 14.2 Å². The lowest BCUT2D eigenvalue weighted by Gasteiger charge is -2.27. The van der Waals surface area contributed by atoms with Crippen LogP contribution in [0.5, 0.6) is 0 Å². The number of hydrogen-bond acceptors (Lipinski definition) is 8. The standard InChI is InChI=1S/C16H19ClN4O5/c1-3-25-15(22)11-12(16(23)26-4-2)21-9-10(17)18-13(14(21)19-11)20-5-7-24-8-6-20/h9H,3-8H2,1-2H3. The number of esters is 2. The van der Waals surface area contributed by atoms with Gasteiger partial charge in [0.05, 0.1) is 26.4 Å². The molecule has 3 rings (SSSR count). The quantitative estimate of drug-likeness (QED) is 0.719. The van der Waals surface area contributed by atoms with Crippen LogP contribution >= 0.6 is 11.6 Å². The van der Waals surface area contributed by atoms with Gasteiger partial charge in [0.1, 0.15) is 5.15 Å². The van der Waals surface area contributed by atoms with Gasteiger partial charge in [-0.05, 0) is 13.8 Å². The summed E-state index contributed by atoms with van der Waals surface area (Å²) in [5.74, 6) is -0.913. The first-order valence-corrected chi connectivity index (χ1v) is 8.70. The van der Waals surface area contributed by atoms with E-state index >= 15 is 0 Å². The molecule has 0 unspecified atom stereocenters. The van der Waals surface area contributed by atoms with Gasteiger partial charge in [-0.15, -0.1) is 0 Å². The molecule has 0 N–H and O–H groups in total. The molecule has 140 valence electrons. The Morgan fingerprint density at radius 3 is 2.46 bits per heavy atom. The van der Waals surface area contributed by atoms with Gasteiger partial charge in [-0.1, -0.05) is 11.6 Å². The molecule has 0 bridgehead atoms. The van der Waals surface area contributed by atoms with Gasteiger partial charge in [0.15, 0.2) is 22.9 Å². The minimum Gasteiger partial charge on any atom is -0.461 e. The van der Waals surface area contributed by atoms with Gasteiger partial charge in [-0.3, -0.25) is 4.40 Å². The summed E-state index contributed by atoms with van der Waals surface area (Å²) in [7, 11) is 0. The highest BCUT2D eigenvalue weighted by molar-refractivity contribution is 6.29. The Morgan fingerprint density at radius 2 is 1.81 bits per heavy atom. The van der Waals surface area contributed by atoms with E-state index in [0.717, 1.165) is 0 Å². The topological polar surface area (TPSA) is 95.3 Å². The average Bonchev–Trinajstić information content (AvgIpc) is 3.01. The molecule has 9 nitrogen and oxygen atoms in total. The van der Waals surface area contributed by atoms with Crippen molar-refractivity contribution >= 4 is 35.0 Å². The van der Waals surface area contributed by atoms with E-state index in [1.165, 1.54) is 10.6 Å². The fraction of sp³-hybridized carbons (Fsp3) is 0.500. The van der Waals surface area contributed by atoms with Crippen molar-refractivity contribution in [2.75, 3.05) is 44.4 Å². The average molecular weight is 383 g/mol. The number of rotatable bonds is 5. The van der Waals surface area contributed by atoms with Gasteiger partial charge in [0.25, 0.3) is 0 Å². The van der Waals surface area contributed by atoms with Crippen LogP contribution in [0, 0.1) is 0 Å². The minimum atomic E-state index is -0.705. The molecule has 0 radical (unpaired) electrons. The van der Waals surface area contributed by atoms with Gasteiger partial charge in [0.2, 0.25) is 0 Å². The molecule has 26 heavy (non-hydrogen) atoms. The van der Waals surface area contributed by atoms with Crippen molar-refractivity contribution in [2.24, 2.45) is 0 Å². The van der Waals surface area contributed by atoms with Crippen LogP contribution in [0.3, 0.4) is 0 Å². The van der Waals surface area contributed by atoms with Crippen molar-refractivity contribution in [2.45, 2.75) is 13.8 Å². The highest BCUT2D eigenvalue weighted by atomic mass is 35.5. The number of anilines is 1. The van der Waals surface area contributed by atoms with E-state index in [4.69, 9.17) is 25.8 Å². The summed E-state index contributed by atoms with van der Waals surface area (Å²) in [6, 6.07) is 0. The van der Waals surface area contributed by atoms with E-state index < -0.39 is 11.9 Å². The normalized spacial score (nSPS) is 14.5. The lowest BCUT2D eigenvalue weighted by atomic mass is 10.3. The third kappa shape index (κ3) is 3.45. The third-order valence-corrected chi connectivity index (χ3v) is 3.99. The molecule has 0 amide bonds. The van der Waals surface area contributed by atoms with Crippen LogP contribution in [-0.4, -0.2) is 65.8 Å². The molecule has 0 aliphatic carbocycles. The second kappa shape index (κ2) is 7.88. The summed E-state index contributed by atoms with van der Waals surface area (Å²) in [6.45, 7) is 5.94. The zero-order valence-electron chi connectivity index (χ0n) is 14.5. The molecule has 1 aliphatic rings. The Hall–Kier alpha value is -2.39. The number of halogens is 1. The Labute approximate surface area is 154 Å². The van der Waals surface area contributed by atoms with Crippen LogP contribution in [0.25, 0.3) is 5.65 Å². The first-order chi connectivity index (χ1) is 12.6. The lowest BCUT2D eigenvalue weighted by Crippen LogP contribution is -2.37. The SMILES string of the molecule is CCOC(=O)c1nc2c(N3CCOCC3)nc(Cl)cn2c1C(=O)OCC. The maximum absolute atomic E-state index is 12.5. The molecule has 10 heteroatoms. The van der Waals surface area contributed by atoms with Crippen molar-refractivity contribution in [3.05, 3.63) is 22.7 Å². The number of aromatic nitrogens is 3. The van der Waals surface area contributed by atoms with Crippen molar-refractivity contribution in [3.8, 4) is 0 Å². The minimum absolute atomic E-state index is 0.0286. The smallest absolute Gasteiger partial charge is 0.359 e. The van der Waals surface area contributed by atoms with E-state index in [0.29, 0.717) is 37.8 Å². The number of fused-ring (bicyclic) bond motifs is 1. The summed E-state index contributed by atoms with van der Waals surface area (Å²) >= 11 is 6.16. The maximum atomic E-state index is 12.5. The van der Waals surface area contributed by atoms with Crippen molar-refractivity contribution < 1.29 is 23.8 Å². The number of ether oxygens (including phenoxy) is 3. The second-order valence-corrected chi connectivity index (χ2v) is 5.82. The Bertz CT molecular complexity index is 832. The molecule has 0 atom stereocenters. The van der Waals surface area contributed by atoms with E-state index in [2.05, 4.69) is 9.97 Å². The predicted molar refractivity (Wildman–Crippen MR) is 92.9 cm³/mol. The highest BCUT2D eigenvalue weighted by Crippen LogP contribution is 2.26. The van der Waals surface area contributed by atoms with E-state index in [1.807, 2.05) is 4.90 Å². The fourth-order valence-electron chi connectivity index (χ4n) is 2.73. The van der Waals surface area contributed by atoms with Crippen molar-refractivity contribution in [3.63, 3.8) is 0 Å². The van der Waals surface area contributed by atoms with Gasteiger partial charge in [-0.2, -0.15) is 0 Å². The summed E-state index contributed by atoms with van der Waals surface area (Å²) in [5, 5.41) is 0.164. The molecule has 2 aromatic rings. The summed E-state index contributed by atoms with van der Waals surface area (Å²) < 4.78 is 16.9. The van der Waals surface area contributed by atoms with Crippen LogP contribution in [0.1, 0.15) is 34.8 Å². The third-order valence-electron chi connectivity index (χ3n) is 3.81. The van der Waals surface area contributed by atoms with Gasteiger partial charge < -0.3 is 19.1 Å². The highest BCUT2D eigenvalue weighted by Gasteiger charge is 2.29. The number of hydrogen-bond donors (Lipinski definition) is 0. The number of carbonyl (C=O) groups excluding carboxylic acids is 2. The molecule has 1 saturated heterocycles. The number of carbonyl (C=O) groups is 2. The van der Waals surface area contributed by atoms with Crippen LogP contribution in [0.4, 0.5) is 5.82 Å². The van der Waals surface area contributed by atoms with E-state index in [9.17, 15) is 9.59 Å². The molecule has 0 spiro atoms. The Kier molecular flexibility index (Phi) is 5.58. The Morgan fingerprint density at radius 1 is 1.15 bits per heavy atom. The lowest BCUT2D eigenvalue weighted by molar-refractivity contribution is 0.0470. The molecular formula is C16H19ClN4O5. The van der Waals surface area contributed by atoms with Crippen molar-refractivity contribution in [1.29, 1.82) is 0 Å². The van der Waals surface area contributed by atoms with Gasteiger partial charge in [-0.25, -0.2) is 19.6 Å². The number of morpholine rings is 1. The zero-order valence-corrected chi connectivity index (χ0v) is 15.3. The summed E-state index contributed by atoms with van der Waals surface area (Å²) in [4.78, 5) is 35.4. The first kappa shape index (κ1) is 18.4. The molecule has 2 aromatic heterocycles. The largest absolute Gasteiger partial charge is 0.461 e. The predicted octanol–water partition coefficient (Wildman–Crippen LogP) is 1.57. The molecule has 0 saturated carbocycles. The summed E-state index contributed by atoms with van der Waals surface area (Å²) in [5.41, 5.74) is 0.186. The van der Waals surface area contributed by atoms with Crippen LogP contribution in [0.2, 0.25) is 5.15 Å². The molecule has 1 fully saturated rings. The Balaban J connectivity index is 2.20.